The predicted molar refractivity (Wildman–Crippen MR) is 161 cm³/mol. The van der Waals surface area contributed by atoms with Crippen LogP contribution in [0, 0.1) is 23.6 Å². The Bertz CT molecular complexity index is 1760. The average Bonchev–Trinajstić information content (AvgIpc) is 3.65. The number of benzene rings is 2. The number of carbonyl (C=O) groups excluding carboxylic acids is 4. The van der Waals surface area contributed by atoms with Gasteiger partial charge in [0.15, 0.2) is 9.75 Å². The Hall–Kier alpha value is -3.73. The molecule has 6 atom stereocenters. The molecule has 4 aliphatic rings. The Morgan fingerprint density at radius 1 is 1.02 bits per heavy atom. The van der Waals surface area contributed by atoms with Crippen molar-refractivity contribution in [2.75, 3.05) is 12.0 Å². The molecule has 4 amide bonds. The lowest BCUT2D eigenvalue weighted by atomic mass is 9.56. The van der Waals surface area contributed by atoms with Crippen LogP contribution in [-0.2, 0) is 25.7 Å². The molecule has 7 rings (SSSR count). The first-order valence-electron chi connectivity index (χ1n) is 14.0. The highest BCUT2D eigenvalue weighted by molar-refractivity contribution is 7.09. The van der Waals surface area contributed by atoms with Crippen molar-refractivity contribution >= 4 is 63.9 Å². The summed E-state index contributed by atoms with van der Waals surface area (Å²) in [7, 11) is 1.40. The second kappa shape index (κ2) is 10.2. The molecular formula is C32H25Cl2FN2O6S. The maximum absolute atomic E-state index is 14.4. The lowest BCUT2D eigenvalue weighted by Gasteiger charge is -2.50. The number of fused-ring (bicyclic) bond motifs is 4. The molecule has 44 heavy (non-hydrogen) atoms. The smallest absolute Gasteiger partial charge is 0.258 e. The van der Waals surface area contributed by atoms with Gasteiger partial charge in [-0.25, -0.2) is 9.29 Å². The predicted octanol–water partition coefficient (Wildman–Crippen LogP) is 5.37. The van der Waals surface area contributed by atoms with E-state index in [0.29, 0.717) is 11.1 Å². The van der Waals surface area contributed by atoms with Gasteiger partial charge in [0.1, 0.15) is 17.3 Å². The van der Waals surface area contributed by atoms with Crippen LogP contribution in [0.1, 0.15) is 29.2 Å². The van der Waals surface area contributed by atoms with E-state index in [9.17, 15) is 28.7 Å². The molecule has 12 heteroatoms. The number of nitrogens with zero attached hydrogens (tertiary/aromatic N) is 2. The van der Waals surface area contributed by atoms with Gasteiger partial charge in [-0.1, -0.05) is 23.8 Å². The van der Waals surface area contributed by atoms with Crippen LogP contribution in [-0.4, -0.2) is 50.5 Å². The number of phenols is 1. The fourth-order valence-corrected chi connectivity index (χ4v) is 9.08. The Balaban J connectivity index is 1.40. The number of hydrogen-bond acceptors (Lipinski definition) is 7. The zero-order valence-corrected chi connectivity index (χ0v) is 25.5. The standard InChI is InChI=1S/C32H25Cl2FN2O6S/c1-43-24-13-18(38)8-9-21(24)26-20-10-11-22-25(28(40)36(27(22)39)15-19-3-2-12-44-19)23(20)14-31(33)29(41)37(30(42)32(26,31)34)17-6-4-16(35)5-7-17/h2-10,12-13,22-23,25-26,38H,11,14-15H2,1H3/t22-,23+,25-,26+,31+,32-/m0/s1. The minimum absolute atomic E-state index is 0.0938. The summed E-state index contributed by atoms with van der Waals surface area (Å²) in [6.45, 7) is 0.140. The van der Waals surface area contributed by atoms with Crippen LogP contribution in [0.3, 0.4) is 0 Å². The molecule has 2 aromatic carbocycles. The maximum atomic E-state index is 14.4. The number of thiophene rings is 1. The highest BCUT2D eigenvalue weighted by Gasteiger charge is 2.76. The van der Waals surface area contributed by atoms with Crippen molar-refractivity contribution in [2.45, 2.75) is 35.1 Å². The normalized spacial score (nSPS) is 31.1. The minimum Gasteiger partial charge on any atom is -0.508 e. The van der Waals surface area contributed by atoms with E-state index in [-0.39, 0.29) is 48.4 Å². The molecule has 0 unspecified atom stereocenters. The number of ether oxygens (including phenoxy) is 1. The first-order valence-corrected chi connectivity index (χ1v) is 15.6. The lowest BCUT2D eigenvalue weighted by Crippen LogP contribution is -2.60. The van der Waals surface area contributed by atoms with Crippen LogP contribution in [0.4, 0.5) is 10.1 Å². The molecule has 1 saturated carbocycles. The minimum atomic E-state index is -2.10. The molecule has 2 aliphatic carbocycles. The number of halogens is 3. The van der Waals surface area contributed by atoms with Crippen molar-refractivity contribution in [2.24, 2.45) is 17.8 Å². The van der Waals surface area contributed by atoms with Gasteiger partial charge in [-0.15, -0.1) is 34.5 Å². The molecule has 0 bridgehead atoms. The molecule has 0 spiro atoms. The Labute approximate surface area is 265 Å². The van der Waals surface area contributed by atoms with Crippen LogP contribution >= 0.6 is 34.5 Å². The summed E-state index contributed by atoms with van der Waals surface area (Å²) >= 11 is 16.2. The molecule has 1 N–H and O–H groups in total. The van der Waals surface area contributed by atoms with Crippen molar-refractivity contribution in [1.29, 1.82) is 0 Å². The van der Waals surface area contributed by atoms with Crippen molar-refractivity contribution in [3.63, 3.8) is 0 Å². The summed E-state index contributed by atoms with van der Waals surface area (Å²) in [5.74, 6) is -6.01. The third-order valence-corrected chi connectivity index (χ3v) is 11.7. The van der Waals surface area contributed by atoms with E-state index >= 15 is 0 Å². The molecule has 2 saturated heterocycles. The fourth-order valence-electron chi connectivity index (χ4n) is 7.46. The number of amides is 4. The van der Waals surface area contributed by atoms with Crippen LogP contribution in [0.15, 0.2) is 71.6 Å². The van der Waals surface area contributed by atoms with Crippen molar-refractivity contribution in [3.8, 4) is 11.5 Å². The summed E-state index contributed by atoms with van der Waals surface area (Å²) in [5, 5.41) is 12.1. The second-order valence-corrected chi connectivity index (χ2v) is 13.8. The highest BCUT2D eigenvalue weighted by Crippen LogP contribution is 2.66. The van der Waals surface area contributed by atoms with E-state index in [1.54, 1.807) is 6.07 Å². The van der Waals surface area contributed by atoms with E-state index in [2.05, 4.69) is 0 Å². The van der Waals surface area contributed by atoms with Gasteiger partial charge in [0.05, 0.1) is 31.2 Å². The number of phenolic OH excluding ortho intramolecular Hbond substituents is 1. The van der Waals surface area contributed by atoms with Crippen molar-refractivity contribution in [3.05, 3.63) is 87.9 Å². The van der Waals surface area contributed by atoms with Crippen LogP contribution < -0.4 is 9.64 Å². The van der Waals surface area contributed by atoms with Gasteiger partial charge in [-0.05, 0) is 60.5 Å². The Kier molecular flexibility index (Phi) is 6.69. The number of anilines is 1. The molecule has 0 radical (unpaired) electrons. The summed E-state index contributed by atoms with van der Waals surface area (Å²) in [6, 6.07) is 12.9. The van der Waals surface area contributed by atoms with E-state index in [1.165, 1.54) is 47.6 Å². The number of imide groups is 2. The topological polar surface area (TPSA) is 104 Å². The third kappa shape index (κ3) is 3.87. The number of methoxy groups -OCH3 is 1. The van der Waals surface area contributed by atoms with E-state index in [4.69, 9.17) is 27.9 Å². The molecular weight excluding hydrogens is 630 g/mol. The molecule has 8 nitrogen and oxygen atoms in total. The van der Waals surface area contributed by atoms with Gasteiger partial charge in [0.25, 0.3) is 11.8 Å². The quantitative estimate of drug-likeness (QED) is 0.226. The average molecular weight is 656 g/mol. The summed E-state index contributed by atoms with van der Waals surface area (Å²) < 4.78 is 19.4. The maximum Gasteiger partial charge on any atom is 0.258 e. The lowest BCUT2D eigenvalue weighted by molar-refractivity contribution is -0.141. The first kappa shape index (κ1) is 29.0. The van der Waals surface area contributed by atoms with Gasteiger partial charge < -0.3 is 9.84 Å². The number of allylic oxidation sites excluding steroid dienone is 2. The van der Waals surface area contributed by atoms with E-state index in [1.807, 2.05) is 23.6 Å². The van der Waals surface area contributed by atoms with Crippen molar-refractivity contribution in [1.82, 2.24) is 4.90 Å². The van der Waals surface area contributed by atoms with Gasteiger partial charge >= 0.3 is 0 Å². The Morgan fingerprint density at radius 3 is 2.45 bits per heavy atom. The highest BCUT2D eigenvalue weighted by atomic mass is 35.5. The molecule has 3 fully saturated rings. The molecule has 2 aliphatic heterocycles. The number of alkyl halides is 2. The first-order chi connectivity index (χ1) is 21.0. The molecule has 226 valence electrons. The van der Waals surface area contributed by atoms with Crippen LogP contribution in [0.25, 0.3) is 0 Å². The number of carbonyl (C=O) groups is 4. The van der Waals surface area contributed by atoms with E-state index in [0.717, 1.165) is 21.9 Å². The second-order valence-electron chi connectivity index (χ2n) is 11.5. The zero-order chi connectivity index (χ0) is 31.1. The van der Waals surface area contributed by atoms with Crippen molar-refractivity contribution < 1.29 is 33.4 Å². The third-order valence-electron chi connectivity index (χ3n) is 9.41. The zero-order valence-electron chi connectivity index (χ0n) is 23.2. The fraction of sp³-hybridized carbons (Fsp3) is 0.312. The van der Waals surface area contributed by atoms with Crippen LogP contribution in [0.2, 0.25) is 0 Å². The number of aromatic hydroxyl groups is 1. The van der Waals surface area contributed by atoms with Gasteiger partial charge in [0.2, 0.25) is 11.8 Å². The van der Waals surface area contributed by atoms with E-state index < -0.39 is 51.1 Å². The Morgan fingerprint density at radius 2 is 1.77 bits per heavy atom. The van der Waals surface area contributed by atoms with Gasteiger partial charge in [-0.2, -0.15) is 0 Å². The van der Waals surface area contributed by atoms with Gasteiger partial charge in [-0.3, -0.25) is 24.1 Å². The molecule has 3 heterocycles. The van der Waals surface area contributed by atoms with Crippen LogP contribution in [0.5, 0.6) is 11.5 Å². The molecule has 3 aromatic rings. The monoisotopic (exact) mass is 654 g/mol. The summed E-state index contributed by atoms with van der Waals surface area (Å²) in [4.78, 5) is 55.2. The molecule has 1 aromatic heterocycles. The number of rotatable bonds is 5. The largest absolute Gasteiger partial charge is 0.508 e. The summed E-state index contributed by atoms with van der Waals surface area (Å²) in [6.07, 6.45) is 1.88. The number of likely N-dealkylation sites (tertiary alicyclic amines) is 1. The van der Waals surface area contributed by atoms with Gasteiger partial charge in [0, 0.05) is 22.4 Å². The summed E-state index contributed by atoms with van der Waals surface area (Å²) in [5.41, 5.74) is 1.08. The number of hydrogen-bond donors (Lipinski definition) is 1. The SMILES string of the molecule is COc1cc(O)ccc1[C@H]1C2=CC[C@@H]3C(=O)N(Cc4cccs4)C(=O)[C@@H]3[C@@H]2C[C@@]2(Cl)C(=O)N(c3ccc(F)cc3)C(=O)[C@@]12Cl.